The van der Waals surface area contributed by atoms with Crippen molar-refractivity contribution in [2.24, 2.45) is 0 Å². The summed E-state index contributed by atoms with van der Waals surface area (Å²) >= 11 is 1.45. The Kier molecular flexibility index (Phi) is 5.80. The zero-order valence-corrected chi connectivity index (χ0v) is 11.3. The largest absolute Gasteiger partial charge is 0.481 e. The first-order valence-electron chi connectivity index (χ1n) is 5.83. The van der Waals surface area contributed by atoms with Gasteiger partial charge in [0.2, 0.25) is 5.91 Å². The number of carboxylic acid groups (broad SMARTS) is 1. The third kappa shape index (κ3) is 4.85. The van der Waals surface area contributed by atoms with Crippen LogP contribution in [0, 0.1) is 0 Å². The number of amides is 1. The maximum Gasteiger partial charge on any atom is 0.308 e. The van der Waals surface area contributed by atoms with Gasteiger partial charge >= 0.3 is 5.97 Å². The van der Waals surface area contributed by atoms with Crippen LogP contribution < -0.4 is 10.6 Å². The van der Waals surface area contributed by atoms with Crippen molar-refractivity contribution in [1.82, 2.24) is 10.6 Å². The van der Waals surface area contributed by atoms with Crippen LogP contribution in [0.1, 0.15) is 23.6 Å². The average molecular weight is 270 g/mol. The Bertz CT molecular complexity index is 417. The number of carbonyl (C=O) groups excluding carboxylic acids is 1. The number of thiophene rings is 1. The van der Waals surface area contributed by atoms with Crippen LogP contribution in [-0.4, -0.2) is 29.6 Å². The Balaban J connectivity index is 2.41. The van der Waals surface area contributed by atoms with E-state index in [-0.39, 0.29) is 18.4 Å². The highest BCUT2D eigenvalue weighted by molar-refractivity contribution is 7.12. The van der Waals surface area contributed by atoms with Crippen molar-refractivity contribution in [2.45, 2.75) is 32.9 Å². The van der Waals surface area contributed by atoms with E-state index in [1.54, 1.807) is 6.92 Å². The van der Waals surface area contributed by atoms with Gasteiger partial charge < -0.3 is 15.7 Å². The maximum absolute atomic E-state index is 11.5. The molecule has 1 aromatic heterocycles. The first-order valence-corrected chi connectivity index (χ1v) is 6.65. The monoisotopic (exact) mass is 270 g/mol. The molecule has 1 heterocycles. The topological polar surface area (TPSA) is 78.4 Å². The standard InChI is InChI=1S/C12H18N2O3S/c1-3-13-12(17)8(2)14-7-10-5-4-9(18-10)6-11(15)16/h4-5,8,14H,3,6-7H2,1-2H3,(H,13,17)(H,15,16). The Morgan fingerprint density at radius 3 is 2.67 bits per heavy atom. The Hall–Kier alpha value is -1.40. The highest BCUT2D eigenvalue weighted by Gasteiger charge is 2.11. The van der Waals surface area contributed by atoms with E-state index in [0.717, 1.165) is 9.75 Å². The lowest BCUT2D eigenvalue weighted by Crippen LogP contribution is -2.41. The molecule has 1 aromatic rings. The number of aliphatic carboxylic acids is 1. The number of hydrogen-bond donors (Lipinski definition) is 3. The first kappa shape index (κ1) is 14.7. The molecular weight excluding hydrogens is 252 g/mol. The number of rotatable bonds is 7. The van der Waals surface area contributed by atoms with Crippen molar-refractivity contribution >= 4 is 23.2 Å². The second kappa shape index (κ2) is 7.13. The van der Waals surface area contributed by atoms with Crippen molar-refractivity contribution in [3.8, 4) is 0 Å². The minimum Gasteiger partial charge on any atom is -0.481 e. The van der Waals surface area contributed by atoms with Gasteiger partial charge in [0, 0.05) is 22.8 Å². The van der Waals surface area contributed by atoms with Gasteiger partial charge in [-0.15, -0.1) is 11.3 Å². The van der Waals surface area contributed by atoms with Gasteiger partial charge in [0.05, 0.1) is 12.5 Å². The molecule has 1 unspecified atom stereocenters. The maximum atomic E-state index is 11.5. The van der Waals surface area contributed by atoms with Crippen LogP contribution in [0.15, 0.2) is 12.1 Å². The lowest BCUT2D eigenvalue weighted by atomic mass is 10.3. The number of likely N-dealkylation sites (N-methyl/N-ethyl adjacent to an activating group) is 1. The molecule has 1 amide bonds. The average Bonchev–Trinajstić information content (AvgIpc) is 2.73. The molecule has 0 aliphatic rings. The summed E-state index contributed by atoms with van der Waals surface area (Å²) in [6.07, 6.45) is 0.0521. The quantitative estimate of drug-likeness (QED) is 0.690. The molecule has 6 heteroatoms. The minimum absolute atomic E-state index is 0.0279. The van der Waals surface area contributed by atoms with Gasteiger partial charge in [-0.2, -0.15) is 0 Å². The lowest BCUT2D eigenvalue weighted by molar-refractivity contribution is -0.136. The molecule has 100 valence electrons. The normalized spacial score (nSPS) is 12.1. The van der Waals surface area contributed by atoms with Gasteiger partial charge in [-0.1, -0.05) is 0 Å². The van der Waals surface area contributed by atoms with E-state index in [9.17, 15) is 9.59 Å². The summed E-state index contributed by atoms with van der Waals surface area (Å²) in [5.41, 5.74) is 0. The van der Waals surface area contributed by atoms with E-state index in [4.69, 9.17) is 5.11 Å². The van der Waals surface area contributed by atoms with Gasteiger partial charge in [-0.25, -0.2) is 0 Å². The molecule has 0 spiro atoms. The summed E-state index contributed by atoms with van der Waals surface area (Å²) in [5, 5.41) is 14.5. The summed E-state index contributed by atoms with van der Waals surface area (Å²) in [5.74, 6) is -0.855. The number of carbonyl (C=O) groups is 2. The molecule has 0 aromatic carbocycles. The number of carboxylic acids is 1. The third-order valence-electron chi connectivity index (χ3n) is 2.37. The van der Waals surface area contributed by atoms with Crippen LogP contribution in [0.3, 0.4) is 0 Å². The summed E-state index contributed by atoms with van der Waals surface area (Å²) in [6.45, 7) is 4.87. The highest BCUT2D eigenvalue weighted by Crippen LogP contribution is 2.16. The van der Waals surface area contributed by atoms with Crippen molar-refractivity contribution < 1.29 is 14.7 Å². The molecule has 0 fully saturated rings. The minimum atomic E-state index is -0.827. The fourth-order valence-corrected chi connectivity index (χ4v) is 2.40. The molecule has 0 radical (unpaired) electrons. The van der Waals surface area contributed by atoms with E-state index in [1.165, 1.54) is 11.3 Å². The van der Waals surface area contributed by atoms with Gasteiger partial charge in [-0.3, -0.25) is 9.59 Å². The SMILES string of the molecule is CCNC(=O)C(C)NCc1ccc(CC(=O)O)s1. The smallest absolute Gasteiger partial charge is 0.308 e. The first-order chi connectivity index (χ1) is 8.52. The predicted molar refractivity (Wildman–Crippen MR) is 70.6 cm³/mol. The van der Waals surface area contributed by atoms with E-state index in [1.807, 2.05) is 19.1 Å². The van der Waals surface area contributed by atoms with Gasteiger partial charge in [0.1, 0.15) is 0 Å². The molecule has 3 N–H and O–H groups in total. The number of hydrogen-bond acceptors (Lipinski definition) is 4. The summed E-state index contributed by atoms with van der Waals surface area (Å²) < 4.78 is 0. The van der Waals surface area contributed by atoms with E-state index in [0.29, 0.717) is 13.1 Å². The zero-order chi connectivity index (χ0) is 13.5. The van der Waals surface area contributed by atoms with Crippen LogP contribution in [0.5, 0.6) is 0 Å². The van der Waals surface area contributed by atoms with Crippen LogP contribution in [-0.2, 0) is 22.6 Å². The molecule has 5 nitrogen and oxygen atoms in total. The van der Waals surface area contributed by atoms with Crippen molar-refractivity contribution in [2.75, 3.05) is 6.54 Å². The molecule has 1 rings (SSSR count). The molecular formula is C12H18N2O3S. The molecule has 0 bridgehead atoms. The molecule has 0 aliphatic carbocycles. The van der Waals surface area contributed by atoms with E-state index >= 15 is 0 Å². The fraction of sp³-hybridized carbons (Fsp3) is 0.500. The second-order valence-electron chi connectivity index (χ2n) is 3.94. The lowest BCUT2D eigenvalue weighted by Gasteiger charge is -2.12. The molecule has 0 saturated carbocycles. The van der Waals surface area contributed by atoms with Crippen LogP contribution in [0.25, 0.3) is 0 Å². The molecule has 18 heavy (non-hydrogen) atoms. The fourth-order valence-electron chi connectivity index (χ4n) is 1.44. The predicted octanol–water partition coefficient (Wildman–Crippen LogP) is 0.989. The van der Waals surface area contributed by atoms with Gasteiger partial charge in [-0.05, 0) is 26.0 Å². The van der Waals surface area contributed by atoms with Crippen molar-refractivity contribution in [1.29, 1.82) is 0 Å². The number of nitrogens with one attached hydrogen (secondary N) is 2. The van der Waals surface area contributed by atoms with Gasteiger partial charge in [0.25, 0.3) is 0 Å². The van der Waals surface area contributed by atoms with Crippen LogP contribution >= 0.6 is 11.3 Å². The zero-order valence-electron chi connectivity index (χ0n) is 10.5. The van der Waals surface area contributed by atoms with Gasteiger partial charge in [0.15, 0.2) is 0 Å². The van der Waals surface area contributed by atoms with E-state index < -0.39 is 5.97 Å². The Morgan fingerprint density at radius 1 is 1.39 bits per heavy atom. The van der Waals surface area contributed by atoms with E-state index in [2.05, 4.69) is 10.6 Å². The van der Waals surface area contributed by atoms with Crippen molar-refractivity contribution in [3.05, 3.63) is 21.9 Å². The van der Waals surface area contributed by atoms with Crippen LogP contribution in [0.4, 0.5) is 0 Å². The molecule has 0 aliphatic heterocycles. The molecule has 0 saturated heterocycles. The Morgan fingerprint density at radius 2 is 2.06 bits per heavy atom. The van der Waals surface area contributed by atoms with Crippen LogP contribution in [0.2, 0.25) is 0 Å². The summed E-state index contributed by atoms with van der Waals surface area (Å²) in [6, 6.07) is 3.45. The van der Waals surface area contributed by atoms with Crippen molar-refractivity contribution in [3.63, 3.8) is 0 Å². The molecule has 1 atom stereocenters. The Labute approximate surface area is 110 Å². The third-order valence-corrected chi connectivity index (χ3v) is 3.45. The highest BCUT2D eigenvalue weighted by atomic mass is 32.1. The summed E-state index contributed by atoms with van der Waals surface area (Å²) in [7, 11) is 0. The summed E-state index contributed by atoms with van der Waals surface area (Å²) in [4.78, 5) is 23.9. The second-order valence-corrected chi connectivity index (χ2v) is 5.19.